The first-order valence-electron chi connectivity index (χ1n) is 8.60. The van der Waals surface area contributed by atoms with Gasteiger partial charge in [-0.1, -0.05) is 18.2 Å². The second kappa shape index (κ2) is 6.43. The second-order valence-electron chi connectivity index (χ2n) is 6.98. The van der Waals surface area contributed by atoms with Gasteiger partial charge in [-0.25, -0.2) is 4.68 Å². The van der Waals surface area contributed by atoms with Gasteiger partial charge >= 0.3 is 0 Å². The summed E-state index contributed by atoms with van der Waals surface area (Å²) in [7, 11) is 0. The van der Waals surface area contributed by atoms with Gasteiger partial charge in [0.15, 0.2) is 0 Å². The molecule has 25 heavy (non-hydrogen) atoms. The van der Waals surface area contributed by atoms with Crippen LogP contribution in [0, 0.1) is 0 Å². The monoisotopic (exact) mass is 334 g/mol. The van der Waals surface area contributed by atoms with E-state index in [1.54, 1.807) is 6.20 Å². The molecule has 128 valence electrons. The van der Waals surface area contributed by atoms with Crippen LogP contribution < -0.4 is 0 Å². The zero-order chi connectivity index (χ0) is 17.3. The van der Waals surface area contributed by atoms with E-state index in [-0.39, 0.29) is 0 Å². The highest BCUT2D eigenvalue weighted by Crippen LogP contribution is 2.27. The van der Waals surface area contributed by atoms with Crippen LogP contribution in [0.4, 0.5) is 0 Å². The number of aliphatic hydroxyl groups is 1. The van der Waals surface area contributed by atoms with Gasteiger partial charge in [0, 0.05) is 49.4 Å². The van der Waals surface area contributed by atoms with E-state index in [1.165, 1.54) is 0 Å². The van der Waals surface area contributed by atoms with Crippen LogP contribution in [0.1, 0.15) is 18.9 Å². The molecule has 3 heterocycles. The Morgan fingerprint density at radius 1 is 1.16 bits per heavy atom. The molecular formula is C20H22N4O. The maximum atomic E-state index is 10.2. The molecule has 0 bridgehead atoms. The van der Waals surface area contributed by atoms with E-state index in [4.69, 9.17) is 5.10 Å². The van der Waals surface area contributed by atoms with Crippen molar-refractivity contribution in [3.8, 4) is 16.9 Å². The third kappa shape index (κ3) is 3.48. The van der Waals surface area contributed by atoms with Gasteiger partial charge in [0.2, 0.25) is 0 Å². The van der Waals surface area contributed by atoms with Crippen LogP contribution in [0.15, 0.2) is 61.1 Å². The summed E-state index contributed by atoms with van der Waals surface area (Å²) in [6, 6.07) is 14.1. The molecule has 3 aromatic rings. The number of benzene rings is 1. The molecule has 0 saturated carbocycles. The fourth-order valence-electron chi connectivity index (χ4n) is 3.40. The number of pyridine rings is 1. The highest BCUT2D eigenvalue weighted by Gasteiger charge is 2.31. The minimum absolute atomic E-state index is 0.593. The Morgan fingerprint density at radius 3 is 2.68 bits per heavy atom. The molecule has 1 saturated heterocycles. The number of nitrogens with zero attached hydrogens (tertiary/aromatic N) is 4. The van der Waals surface area contributed by atoms with Crippen LogP contribution in [0.5, 0.6) is 0 Å². The van der Waals surface area contributed by atoms with Crippen LogP contribution >= 0.6 is 0 Å². The predicted octanol–water partition coefficient (Wildman–Crippen LogP) is 2.89. The zero-order valence-electron chi connectivity index (χ0n) is 14.3. The molecule has 5 nitrogen and oxygen atoms in total. The Labute approximate surface area is 147 Å². The van der Waals surface area contributed by atoms with Crippen LogP contribution in [-0.4, -0.2) is 43.5 Å². The predicted molar refractivity (Wildman–Crippen MR) is 97.3 cm³/mol. The van der Waals surface area contributed by atoms with Crippen molar-refractivity contribution in [3.63, 3.8) is 0 Å². The molecule has 5 heteroatoms. The molecule has 2 aromatic heterocycles. The quantitative estimate of drug-likeness (QED) is 0.797. The largest absolute Gasteiger partial charge is 0.389 e. The lowest BCUT2D eigenvalue weighted by Crippen LogP contribution is -2.29. The van der Waals surface area contributed by atoms with Gasteiger partial charge in [0.1, 0.15) is 0 Å². The third-order valence-corrected chi connectivity index (χ3v) is 4.67. The molecule has 0 spiro atoms. The first-order chi connectivity index (χ1) is 12.1. The van der Waals surface area contributed by atoms with E-state index < -0.39 is 5.60 Å². The molecule has 0 radical (unpaired) electrons. The zero-order valence-corrected chi connectivity index (χ0v) is 14.3. The number of hydrogen-bond donors (Lipinski definition) is 1. The normalized spacial score (nSPS) is 20.9. The molecule has 0 amide bonds. The molecule has 1 unspecified atom stereocenters. The van der Waals surface area contributed by atoms with Crippen molar-refractivity contribution in [2.45, 2.75) is 25.5 Å². The van der Waals surface area contributed by atoms with Crippen molar-refractivity contribution >= 4 is 0 Å². The molecule has 4 rings (SSSR count). The number of rotatable bonds is 4. The summed E-state index contributed by atoms with van der Waals surface area (Å²) < 4.78 is 1.92. The van der Waals surface area contributed by atoms with Crippen molar-refractivity contribution in [2.24, 2.45) is 0 Å². The molecule has 1 atom stereocenters. The van der Waals surface area contributed by atoms with Gasteiger partial charge in [-0.3, -0.25) is 9.88 Å². The van der Waals surface area contributed by atoms with E-state index in [1.807, 2.05) is 60.3 Å². The summed E-state index contributed by atoms with van der Waals surface area (Å²) in [5, 5.41) is 15.1. The molecule has 1 aliphatic rings. The minimum Gasteiger partial charge on any atom is -0.389 e. The molecule has 1 N–H and O–H groups in total. The van der Waals surface area contributed by atoms with Crippen LogP contribution in [0.25, 0.3) is 16.9 Å². The van der Waals surface area contributed by atoms with Crippen molar-refractivity contribution in [1.82, 2.24) is 19.7 Å². The summed E-state index contributed by atoms with van der Waals surface area (Å²) in [5.74, 6) is 0. The molecule has 1 aromatic carbocycles. The maximum absolute atomic E-state index is 10.2. The summed E-state index contributed by atoms with van der Waals surface area (Å²) in [4.78, 5) is 6.52. The lowest BCUT2D eigenvalue weighted by Gasteiger charge is -2.18. The summed E-state index contributed by atoms with van der Waals surface area (Å²) in [6.45, 7) is 4.27. The summed E-state index contributed by atoms with van der Waals surface area (Å²) in [5.41, 5.74) is 3.55. The maximum Gasteiger partial charge on any atom is 0.0988 e. The van der Waals surface area contributed by atoms with Gasteiger partial charge in [-0.2, -0.15) is 5.10 Å². The van der Waals surface area contributed by atoms with Crippen molar-refractivity contribution in [1.29, 1.82) is 0 Å². The number of likely N-dealkylation sites (tertiary alicyclic amines) is 1. The SMILES string of the molecule is CC1(O)CCN(Cc2cn(-c3ccccc3)nc2-c2cccnc2)C1. The third-order valence-electron chi connectivity index (χ3n) is 4.67. The fourth-order valence-corrected chi connectivity index (χ4v) is 3.40. The molecule has 1 fully saturated rings. The Morgan fingerprint density at radius 2 is 2.00 bits per heavy atom. The Balaban J connectivity index is 1.70. The van der Waals surface area contributed by atoms with Crippen molar-refractivity contribution in [2.75, 3.05) is 13.1 Å². The summed E-state index contributed by atoms with van der Waals surface area (Å²) in [6.07, 6.45) is 6.52. The topological polar surface area (TPSA) is 54.2 Å². The first-order valence-corrected chi connectivity index (χ1v) is 8.60. The first kappa shape index (κ1) is 16.0. The van der Waals surface area contributed by atoms with E-state index in [0.717, 1.165) is 42.0 Å². The van der Waals surface area contributed by atoms with E-state index in [2.05, 4.69) is 16.1 Å². The highest BCUT2D eigenvalue weighted by atomic mass is 16.3. The van der Waals surface area contributed by atoms with Crippen LogP contribution in [-0.2, 0) is 6.54 Å². The van der Waals surface area contributed by atoms with Gasteiger partial charge in [-0.15, -0.1) is 0 Å². The van der Waals surface area contributed by atoms with Gasteiger partial charge in [-0.05, 0) is 37.6 Å². The fraction of sp³-hybridized carbons (Fsp3) is 0.300. The Hall–Kier alpha value is -2.50. The average Bonchev–Trinajstić information content (AvgIpc) is 3.20. The highest BCUT2D eigenvalue weighted by molar-refractivity contribution is 5.62. The number of aromatic nitrogens is 3. The second-order valence-corrected chi connectivity index (χ2v) is 6.98. The Kier molecular flexibility index (Phi) is 4.11. The van der Waals surface area contributed by atoms with E-state index in [9.17, 15) is 5.11 Å². The number of para-hydroxylation sites is 1. The standard InChI is InChI=1S/C20H22N4O/c1-20(25)9-11-23(15-20)13-17-14-24(18-7-3-2-4-8-18)22-19(17)16-6-5-10-21-12-16/h2-8,10,12,14,25H,9,11,13,15H2,1H3. The van der Waals surface area contributed by atoms with Gasteiger partial charge < -0.3 is 5.11 Å². The van der Waals surface area contributed by atoms with Crippen molar-refractivity contribution in [3.05, 3.63) is 66.6 Å². The molecule has 1 aliphatic heterocycles. The minimum atomic E-state index is -0.593. The van der Waals surface area contributed by atoms with E-state index >= 15 is 0 Å². The number of β-amino-alcohol motifs (C(OH)–C–C–N with tert-alkyl or cyclic N) is 1. The molecular weight excluding hydrogens is 312 g/mol. The van der Waals surface area contributed by atoms with E-state index in [0.29, 0.717) is 6.54 Å². The summed E-state index contributed by atoms with van der Waals surface area (Å²) >= 11 is 0. The molecule has 0 aliphatic carbocycles. The number of hydrogen-bond acceptors (Lipinski definition) is 4. The van der Waals surface area contributed by atoms with Crippen molar-refractivity contribution < 1.29 is 5.11 Å². The Bertz CT molecular complexity index is 843. The van der Waals surface area contributed by atoms with Crippen LogP contribution in [0.3, 0.4) is 0 Å². The lowest BCUT2D eigenvalue weighted by molar-refractivity contribution is 0.0679. The smallest absolute Gasteiger partial charge is 0.0988 e. The lowest BCUT2D eigenvalue weighted by atomic mass is 10.1. The van der Waals surface area contributed by atoms with Crippen LogP contribution in [0.2, 0.25) is 0 Å². The average molecular weight is 334 g/mol. The van der Waals surface area contributed by atoms with Gasteiger partial charge in [0.05, 0.1) is 17.0 Å². The van der Waals surface area contributed by atoms with Gasteiger partial charge in [0.25, 0.3) is 0 Å².